The molecule has 9 N–H and O–H groups in total. The maximum absolute atomic E-state index is 12.8. The van der Waals surface area contributed by atoms with Gasteiger partial charge in [-0.1, -0.05) is 18.2 Å². The summed E-state index contributed by atoms with van der Waals surface area (Å²) >= 11 is 3.91. The van der Waals surface area contributed by atoms with Crippen molar-refractivity contribution in [1.82, 2.24) is 20.9 Å². The van der Waals surface area contributed by atoms with Crippen LogP contribution >= 0.6 is 12.6 Å². The van der Waals surface area contributed by atoms with Crippen molar-refractivity contribution in [2.24, 2.45) is 11.5 Å². The van der Waals surface area contributed by atoms with Gasteiger partial charge in [0.15, 0.2) is 0 Å². The zero-order valence-corrected chi connectivity index (χ0v) is 19.3. The van der Waals surface area contributed by atoms with Gasteiger partial charge in [-0.2, -0.15) is 12.6 Å². The first kappa shape index (κ1) is 26.7. The van der Waals surface area contributed by atoms with Crippen molar-refractivity contribution in [3.63, 3.8) is 0 Å². The SMILES string of the molecule is CC(NC(=O)C(N)CS)C(=O)NC(CC(N)=O)C(=O)NC(Cc1c[nH]c2ccccc12)C(=O)O. The van der Waals surface area contributed by atoms with Crippen LogP contribution in [0.2, 0.25) is 0 Å². The van der Waals surface area contributed by atoms with E-state index in [-0.39, 0.29) is 12.2 Å². The lowest BCUT2D eigenvalue weighted by Crippen LogP contribution is -2.57. The van der Waals surface area contributed by atoms with Crippen LogP contribution in [-0.2, 0) is 30.4 Å². The number of H-pyrrole nitrogens is 1. The number of aliphatic carboxylic acids is 1. The Kier molecular flexibility index (Phi) is 9.45. The zero-order chi connectivity index (χ0) is 25.4. The van der Waals surface area contributed by atoms with Crippen molar-refractivity contribution in [3.05, 3.63) is 36.0 Å². The van der Waals surface area contributed by atoms with E-state index in [9.17, 15) is 29.1 Å². The lowest BCUT2D eigenvalue weighted by Gasteiger charge is -2.23. The number of thiol groups is 1. The monoisotopic (exact) mass is 492 g/mol. The summed E-state index contributed by atoms with van der Waals surface area (Å²) in [5.41, 5.74) is 12.2. The maximum Gasteiger partial charge on any atom is 0.326 e. The molecular formula is C21H28N6O6S. The van der Waals surface area contributed by atoms with Crippen LogP contribution in [0.1, 0.15) is 18.9 Å². The molecule has 4 atom stereocenters. The average molecular weight is 493 g/mol. The Labute approximate surface area is 200 Å². The van der Waals surface area contributed by atoms with Crippen LogP contribution in [0.15, 0.2) is 30.5 Å². The number of carboxylic acid groups (broad SMARTS) is 1. The van der Waals surface area contributed by atoms with E-state index in [0.29, 0.717) is 5.56 Å². The minimum absolute atomic E-state index is 0.0452. The van der Waals surface area contributed by atoms with Gasteiger partial charge in [0.25, 0.3) is 0 Å². The molecule has 1 aromatic heterocycles. The smallest absolute Gasteiger partial charge is 0.326 e. The summed E-state index contributed by atoms with van der Waals surface area (Å²) in [5.74, 6) is -4.46. The first-order valence-electron chi connectivity index (χ1n) is 10.4. The van der Waals surface area contributed by atoms with E-state index in [1.807, 2.05) is 18.2 Å². The number of nitrogens with two attached hydrogens (primary N) is 2. The second-order valence-corrected chi connectivity index (χ2v) is 8.08. The number of fused-ring (bicyclic) bond motifs is 1. The highest BCUT2D eigenvalue weighted by molar-refractivity contribution is 7.80. The molecule has 2 rings (SSSR count). The largest absolute Gasteiger partial charge is 0.480 e. The number of hydrogen-bond acceptors (Lipinski definition) is 7. The van der Waals surface area contributed by atoms with Crippen LogP contribution in [-0.4, -0.2) is 69.6 Å². The number of hydrogen-bond donors (Lipinski definition) is 8. The minimum atomic E-state index is -1.45. The first-order valence-corrected chi connectivity index (χ1v) is 11.0. The molecule has 0 saturated carbocycles. The first-order chi connectivity index (χ1) is 16.0. The van der Waals surface area contributed by atoms with E-state index in [0.717, 1.165) is 10.9 Å². The second-order valence-electron chi connectivity index (χ2n) is 7.71. The molecule has 0 saturated heterocycles. The molecule has 184 valence electrons. The summed E-state index contributed by atoms with van der Waals surface area (Å²) in [4.78, 5) is 63.4. The lowest BCUT2D eigenvalue weighted by molar-refractivity contribution is -0.142. The summed E-state index contributed by atoms with van der Waals surface area (Å²) in [5, 5.41) is 17.5. The Bertz CT molecular complexity index is 1070. The molecular weight excluding hydrogens is 464 g/mol. The van der Waals surface area contributed by atoms with Gasteiger partial charge in [0.2, 0.25) is 23.6 Å². The van der Waals surface area contributed by atoms with Crippen molar-refractivity contribution in [1.29, 1.82) is 0 Å². The minimum Gasteiger partial charge on any atom is -0.480 e. The molecule has 0 fully saturated rings. The van der Waals surface area contributed by atoms with Gasteiger partial charge in [-0.15, -0.1) is 0 Å². The van der Waals surface area contributed by atoms with Gasteiger partial charge in [0.05, 0.1) is 12.5 Å². The maximum atomic E-state index is 12.8. The molecule has 2 aromatic rings. The van der Waals surface area contributed by atoms with E-state index < -0.39 is 60.2 Å². The van der Waals surface area contributed by atoms with Crippen LogP contribution in [0.25, 0.3) is 10.9 Å². The zero-order valence-electron chi connectivity index (χ0n) is 18.4. The normalized spacial score (nSPS) is 14.4. The van der Waals surface area contributed by atoms with Gasteiger partial charge < -0.3 is 37.5 Å². The van der Waals surface area contributed by atoms with Crippen LogP contribution in [0, 0.1) is 0 Å². The molecule has 0 bridgehead atoms. The van der Waals surface area contributed by atoms with Crippen molar-refractivity contribution in [2.75, 3.05) is 5.75 Å². The standard InChI is InChI=1S/C21H28N6O6S/c1-10(25-19(30)13(22)9-34)18(29)26-15(7-17(23)28)20(31)27-16(21(32)33)6-11-8-24-14-5-3-2-4-12(11)14/h2-5,8,10,13,15-16,24,34H,6-7,9,22H2,1H3,(H2,23,28)(H,25,30)(H,26,29)(H,27,31)(H,32,33). The van der Waals surface area contributed by atoms with Crippen LogP contribution < -0.4 is 27.4 Å². The van der Waals surface area contributed by atoms with E-state index in [1.165, 1.54) is 6.92 Å². The summed E-state index contributed by atoms with van der Waals surface area (Å²) < 4.78 is 0. The third-order valence-corrected chi connectivity index (χ3v) is 5.43. The van der Waals surface area contributed by atoms with Crippen molar-refractivity contribution >= 4 is 53.1 Å². The molecule has 4 unspecified atom stereocenters. The predicted molar refractivity (Wildman–Crippen MR) is 127 cm³/mol. The van der Waals surface area contributed by atoms with Crippen LogP contribution in [0.3, 0.4) is 0 Å². The van der Waals surface area contributed by atoms with E-state index in [1.54, 1.807) is 12.3 Å². The van der Waals surface area contributed by atoms with Crippen molar-refractivity contribution in [3.8, 4) is 0 Å². The van der Waals surface area contributed by atoms with E-state index in [4.69, 9.17) is 11.5 Å². The van der Waals surface area contributed by atoms with E-state index >= 15 is 0 Å². The molecule has 34 heavy (non-hydrogen) atoms. The number of carboxylic acids is 1. The molecule has 1 heterocycles. The number of amides is 4. The second kappa shape index (κ2) is 12.0. The molecule has 0 aliphatic carbocycles. The molecule has 0 aliphatic heterocycles. The molecule has 1 aromatic carbocycles. The van der Waals surface area contributed by atoms with E-state index in [2.05, 4.69) is 33.6 Å². The topological polar surface area (TPSA) is 209 Å². The number of carbonyl (C=O) groups excluding carboxylic acids is 4. The fourth-order valence-corrected chi connectivity index (χ4v) is 3.33. The highest BCUT2D eigenvalue weighted by Crippen LogP contribution is 2.19. The van der Waals surface area contributed by atoms with Crippen LogP contribution in [0.5, 0.6) is 0 Å². The number of carbonyl (C=O) groups is 5. The van der Waals surface area contributed by atoms with Gasteiger partial charge in [0, 0.05) is 29.3 Å². The number of aromatic amines is 1. The Hall–Kier alpha value is -3.58. The molecule has 0 spiro atoms. The number of benzene rings is 1. The molecule has 12 nitrogen and oxygen atoms in total. The van der Waals surface area contributed by atoms with Gasteiger partial charge in [-0.25, -0.2) is 4.79 Å². The van der Waals surface area contributed by atoms with Crippen molar-refractivity contribution in [2.45, 2.75) is 43.9 Å². The third kappa shape index (κ3) is 7.22. The summed E-state index contributed by atoms with van der Waals surface area (Å²) in [7, 11) is 0. The number of rotatable bonds is 12. The summed E-state index contributed by atoms with van der Waals surface area (Å²) in [6, 6.07) is 2.44. The molecule has 4 amide bonds. The number of nitrogens with one attached hydrogen (secondary N) is 4. The molecule has 0 aliphatic rings. The fourth-order valence-electron chi connectivity index (χ4n) is 3.17. The van der Waals surface area contributed by atoms with Crippen molar-refractivity contribution < 1.29 is 29.1 Å². The highest BCUT2D eigenvalue weighted by atomic mass is 32.1. The average Bonchev–Trinajstić information content (AvgIpc) is 3.19. The van der Waals surface area contributed by atoms with Gasteiger partial charge in [-0.3, -0.25) is 19.2 Å². The van der Waals surface area contributed by atoms with Gasteiger partial charge >= 0.3 is 5.97 Å². The highest BCUT2D eigenvalue weighted by Gasteiger charge is 2.30. The predicted octanol–water partition coefficient (Wildman–Crippen LogP) is -1.60. The lowest BCUT2D eigenvalue weighted by atomic mass is 10.0. The van der Waals surface area contributed by atoms with Crippen LogP contribution in [0.4, 0.5) is 0 Å². The Morgan fingerprint density at radius 2 is 1.68 bits per heavy atom. The summed E-state index contributed by atoms with van der Waals surface area (Å²) in [6.45, 7) is 1.36. The molecule has 13 heteroatoms. The van der Waals surface area contributed by atoms with Gasteiger partial charge in [0.1, 0.15) is 18.1 Å². The Morgan fingerprint density at radius 1 is 1.03 bits per heavy atom. The Morgan fingerprint density at radius 3 is 2.29 bits per heavy atom. The third-order valence-electron chi connectivity index (χ3n) is 5.04. The number of para-hydroxylation sites is 1. The quantitative estimate of drug-likeness (QED) is 0.163. The number of aromatic nitrogens is 1. The van der Waals surface area contributed by atoms with Gasteiger partial charge in [-0.05, 0) is 18.6 Å². The molecule has 0 radical (unpaired) electrons. The fraction of sp³-hybridized carbons (Fsp3) is 0.381. The number of primary amides is 1. The Balaban J connectivity index is 2.11. The summed E-state index contributed by atoms with van der Waals surface area (Å²) in [6.07, 6.45) is 1.03.